The van der Waals surface area contributed by atoms with Crippen molar-refractivity contribution in [3.8, 4) is 0 Å². The van der Waals surface area contributed by atoms with Crippen LogP contribution in [-0.4, -0.2) is 10.7 Å². The predicted molar refractivity (Wildman–Crippen MR) is 72.2 cm³/mol. The van der Waals surface area contributed by atoms with Gasteiger partial charge in [0.2, 0.25) is 0 Å². The molecule has 1 nitrogen and oxygen atoms in total. The fourth-order valence-corrected chi connectivity index (χ4v) is 5.37. The molecule has 96 valence electrons. The van der Waals surface area contributed by atoms with Crippen molar-refractivity contribution in [3.63, 3.8) is 0 Å². The SMILES string of the molecule is CC1(O)C2CC3CC(C2)C(c2ccccc2)C1C3. The molecule has 0 aromatic heterocycles. The van der Waals surface area contributed by atoms with Gasteiger partial charge in [-0.3, -0.25) is 0 Å². The largest absolute Gasteiger partial charge is 0.390 e. The summed E-state index contributed by atoms with van der Waals surface area (Å²) in [5.74, 6) is 3.40. The van der Waals surface area contributed by atoms with Crippen LogP contribution in [0.2, 0.25) is 0 Å². The Morgan fingerprint density at radius 2 is 1.83 bits per heavy atom. The smallest absolute Gasteiger partial charge is 0.0682 e. The highest BCUT2D eigenvalue weighted by Crippen LogP contribution is 2.63. The van der Waals surface area contributed by atoms with Gasteiger partial charge in [-0.1, -0.05) is 30.3 Å². The van der Waals surface area contributed by atoms with Gasteiger partial charge in [0.15, 0.2) is 0 Å². The molecule has 0 heterocycles. The van der Waals surface area contributed by atoms with Gasteiger partial charge in [-0.2, -0.15) is 0 Å². The third-order valence-electron chi connectivity index (χ3n) is 6.13. The van der Waals surface area contributed by atoms with Crippen LogP contribution in [0.3, 0.4) is 0 Å². The van der Waals surface area contributed by atoms with Crippen LogP contribution in [0.5, 0.6) is 0 Å². The van der Waals surface area contributed by atoms with E-state index in [0.717, 1.165) is 11.8 Å². The Balaban J connectivity index is 1.76. The zero-order valence-corrected chi connectivity index (χ0v) is 11.0. The monoisotopic (exact) mass is 242 g/mol. The average molecular weight is 242 g/mol. The van der Waals surface area contributed by atoms with E-state index in [2.05, 4.69) is 37.3 Å². The first-order chi connectivity index (χ1) is 8.66. The van der Waals surface area contributed by atoms with Crippen molar-refractivity contribution in [1.82, 2.24) is 0 Å². The number of benzene rings is 1. The topological polar surface area (TPSA) is 20.2 Å². The van der Waals surface area contributed by atoms with Crippen LogP contribution < -0.4 is 0 Å². The van der Waals surface area contributed by atoms with Gasteiger partial charge in [0.1, 0.15) is 0 Å². The predicted octanol–water partition coefficient (Wildman–Crippen LogP) is 3.59. The summed E-state index contributed by atoms with van der Waals surface area (Å²) >= 11 is 0. The molecule has 0 spiro atoms. The standard InChI is InChI=1S/C17H22O/c1-17(18)14-8-11-7-13(10-14)16(15(17)9-11)12-5-3-2-4-6-12/h2-6,11,13-16,18H,7-10H2,1H3. The lowest BCUT2D eigenvalue weighted by molar-refractivity contribution is -0.172. The van der Waals surface area contributed by atoms with E-state index in [1.807, 2.05) is 0 Å². The van der Waals surface area contributed by atoms with Crippen LogP contribution in [0.1, 0.15) is 44.1 Å². The fraction of sp³-hybridized carbons (Fsp3) is 0.647. The van der Waals surface area contributed by atoms with E-state index in [-0.39, 0.29) is 0 Å². The molecule has 6 atom stereocenters. The maximum atomic E-state index is 10.9. The van der Waals surface area contributed by atoms with Crippen molar-refractivity contribution in [2.24, 2.45) is 23.7 Å². The Kier molecular flexibility index (Phi) is 2.21. The summed E-state index contributed by atoms with van der Waals surface area (Å²) in [5.41, 5.74) is 1.04. The number of rotatable bonds is 1. The van der Waals surface area contributed by atoms with Gasteiger partial charge in [-0.25, -0.2) is 0 Å². The summed E-state index contributed by atoms with van der Waals surface area (Å²) in [6.45, 7) is 2.11. The van der Waals surface area contributed by atoms with Crippen molar-refractivity contribution in [2.45, 2.75) is 44.1 Å². The minimum atomic E-state index is -0.423. The van der Waals surface area contributed by atoms with Crippen molar-refractivity contribution < 1.29 is 5.11 Å². The molecule has 5 rings (SSSR count). The highest BCUT2D eigenvalue weighted by atomic mass is 16.3. The van der Waals surface area contributed by atoms with Crippen molar-refractivity contribution in [1.29, 1.82) is 0 Å². The molecule has 4 bridgehead atoms. The molecular weight excluding hydrogens is 220 g/mol. The first-order valence-corrected chi connectivity index (χ1v) is 7.43. The molecule has 6 unspecified atom stereocenters. The normalized spacial score (nSPS) is 49.6. The third-order valence-corrected chi connectivity index (χ3v) is 6.13. The molecule has 18 heavy (non-hydrogen) atoms. The molecule has 1 N–H and O–H groups in total. The van der Waals surface area contributed by atoms with Crippen LogP contribution in [0.15, 0.2) is 30.3 Å². The van der Waals surface area contributed by atoms with Crippen LogP contribution in [0.4, 0.5) is 0 Å². The summed E-state index contributed by atoms with van der Waals surface area (Å²) < 4.78 is 0. The van der Waals surface area contributed by atoms with Crippen molar-refractivity contribution in [2.75, 3.05) is 0 Å². The van der Waals surface area contributed by atoms with Gasteiger partial charge in [0.05, 0.1) is 5.60 Å². The summed E-state index contributed by atoms with van der Waals surface area (Å²) in [5, 5.41) is 10.9. The van der Waals surface area contributed by atoms with Crippen LogP contribution >= 0.6 is 0 Å². The number of aliphatic hydroxyl groups is 1. The second kappa shape index (κ2) is 3.60. The molecule has 1 aromatic rings. The lowest BCUT2D eigenvalue weighted by Gasteiger charge is -2.61. The highest BCUT2D eigenvalue weighted by molar-refractivity contribution is 5.26. The van der Waals surface area contributed by atoms with Gasteiger partial charge in [-0.05, 0) is 67.8 Å². The molecule has 4 aliphatic rings. The molecule has 0 aliphatic heterocycles. The molecular formula is C17H22O. The van der Waals surface area contributed by atoms with Gasteiger partial charge >= 0.3 is 0 Å². The Morgan fingerprint density at radius 3 is 2.61 bits per heavy atom. The quantitative estimate of drug-likeness (QED) is 0.798. The molecule has 1 heteroatoms. The van der Waals surface area contributed by atoms with Crippen molar-refractivity contribution in [3.05, 3.63) is 35.9 Å². The highest BCUT2D eigenvalue weighted by Gasteiger charge is 2.58. The Hall–Kier alpha value is -0.820. The molecule has 0 radical (unpaired) electrons. The molecule has 0 saturated heterocycles. The zero-order valence-electron chi connectivity index (χ0n) is 11.0. The van der Waals surface area contributed by atoms with E-state index in [4.69, 9.17) is 0 Å². The Bertz CT molecular complexity index is 450. The minimum absolute atomic E-state index is 0.423. The fourth-order valence-electron chi connectivity index (χ4n) is 5.37. The molecule has 4 fully saturated rings. The van der Waals surface area contributed by atoms with Gasteiger partial charge < -0.3 is 5.11 Å². The van der Waals surface area contributed by atoms with Crippen LogP contribution in [0, 0.1) is 23.7 Å². The molecule has 4 aliphatic carbocycles. The second-order valence-electron chi connectivity index (χ2n) is 7.03. The van der Waals surface area contributed by atoms with E-state index >= 15 is 0 Å². The summed E-state index contributed by atoms with van der Waals surface area (Å²) in [4.78, 5) is 0. The van der Waals surface area contributed by atoms with E-state index < -0.39 is 5.60 Å². The minimum Gasteiger partial charge on any atom is -0.390 e. The van der Waals surface area contributed by atoms with E-state index in [9.17, 15) is 5.11 Å². The average Bonchev–Trinajstić information content (AvgIpc) is 2.37. The lowest BCUT2D eigenvalue weighted by Crippen LogP contribution is -2.59. The lowest BCUT2D eigenvalue weighted by atomic mass is 9.45. The molecule has 0 amide bonds. The second-order valence-corrected chi connectivity index (χ2v) is 7.03. The van der Waals surface area contributed by atoms with E-state index in [1.54, 1.807) is 0 Å². The first kappa shape index (κ1) is 11.0. The van der Waals surface area contributed by atoms with E-state index in [0.29, 0.717) is 17.8 Å². The first-order valence-electron chi connectivity index (χ1n) is 7.43. The number of hydrogen-bond acceptors (Lipinski definition) is 1. The van der Waals surface area contributed by atoms with Crippen LogP contribution in [0.25, 0.3) is 0 Å². The van der Waals surface area contributed by atoms with Gasteiger partial charge in [-0.15, -0.1) is 0 Å². The maximum absolute atomic E-state index is 10.9. The molecule has 1 aromatic carbocycles. The zero-order chi connectivity index (χ0) is 12.3. The summed E-state index contributed by atoms with van der Waals surface area (Å²) in [6.07, 6.45) is 5.18. The van der Waals surface area contributed by atoms with E-state index in [1.165, 1.54) is 31.2 Å². The Labute approximate surface area is 109 Å². The Morgan fingerprint density at radius 1 is 1.06 bits per heavy atom. The van der Waals surface area contributed by atoms with Crippen LogP contribution in [-0.2, 0) is 0 Å². The summed E-state index contributed by atoms with van der Waals surface area (Å²) in [6, 6.07) is 10.9. The number of hydrogen-bond donors (Lipinski definition) is 1. The van der Waals surface area contributed by atoms with Crippen molar-refractivity contribution >= 4 is 0 Å². The third kappa shape index (κ3) is 1.37. The van der Waals surface area contributed by atoms with Gasteiger partial charge in [0.25, 0.3) is 0 Å². The molecule has 4 saturated carbocycles. The maximum Gasteiger partial charge on any atom is 0.0682 e. The van der Waals surface area contributed by atoms with Gasteiger partial charge in [0, 0.05) is 0 Å². The summed E-state index contributed by atoms with van der Waals surface area (Å²) in [7, 11) is 0.